The fourth-order valence-corrected chi connectivity index (χ4v) is 3.49. The first kappa shape index (κ1) is 20.7. The Morgan fingerprint density at radius 1 is 1.18 bits per heavy atom. The standard InChI is InChI=1S/C19H26ClN3O5/c1-26-8-2-3-21-17(24)13-22-4-6-23(7-5-22)19(25)14-11-15(20)18-16(12-14)27-9-10-28-18/h11-12H,2-10,13H2,1H3,(H,21,24). The molecule has 2 heterocycles. The second kappa shape index (κ2) is 9.95. The number of ether oxygens (including phenoxy) is 3. The van der Waals surface area contributed by atoms with Crippen molar-refractivity contribution in [2.24, 2.45) is 0 Å². The van der Waals surface area contributed by atoms with Gasteiger partial charge in [-0.3, -0.25) is 14.5 Å². The van der Waals surface area contributed by atoms with Crippen molar-refractivity contribution < 1.29 is 23.8 Å². The molecule has 28 heavy (non-hydrogen) atoms. The average Bonchev–Trinajstić information content (AvgIpc) is 2.71. The molecule has 2 amide bonds. The number of amides is 2. The largest absolute Gasteiger partial charge is 0.486 e. The van der Waals surface area contributed by atoms with Crippen LogP contribution >= 0.6 is 11.6 Å². The lowest BCUT2D eigenvalue weighted by Gasteiger charge is -2.34. The van der Waals surface area contributed by atoms with Crippen molar-refractivity contribution in [1.82, 2.24) is 15.1 Å². The van der Waals surface area contributed by atoms with Gasteiger partial charge in [-0.15, -0.1) is 0 Å². The van der Waals surface area contributed by atoms with Crippen molar-refractivity contribution in [1.29, 1.82) is 0 Å². The van der Waals surface area contributed by atoms with E-state index in [-0.39, 0.29) is 11.8 Å². The normalized spacial score (nSPS) is 16.7. The maximum absolute atomic E-state index is 12.8. The van der Waals surface area contributed by atoms with E-state index < -0.39 is 0 Å². The molecule has 2 aliphatic heterocycles. The van der Waals surface area contributed by atoms with Gasteiger partial charge in [-0.2, -0.15) is 0 Å². The van der Waals surface area contributed by atoms with Gasteiger partial charge >= 0.3 is 0 Å². The van der Waals surface area contributed by atoms with Crippen molar-refractivity contribution in [3.8, 4) is 11.5 Å². The summed E-state index contributed by atoms with van der Waals surface area (Å²) >= 11 is 6.24. The third-order valence-corrected chi connectivity index (χ3v) is 5.00. The molecule has 0 aliphatic carbocycles. The van der Waals surface area contributed by atoms with Gasteiger partial charge in [0.2, 0.25) is 5.91 Å². The van der Waals surface area contributed by atoms with Crippen LogP contribution in [0.1, 0.15) is 16.8 Å². The summed E-state index contributed by atoms with van der Waals surface area (Å²) in [5, 5.41) is 3.26. The van der Waals surface area contributed by atoms with E-state index in [1.165, 1.54) is 0 Å². The molecule has 8 nitrogen and oxygen atoms in total. The molecule has 3 rings (SSSR count). The van der Waals surface area contributed by atoms with Gasteiger partial charge in [0.15, 0.2) is 11.5 Å². The highest BCUT2D eigenvalue weighted by Crippen LogP contribution is 2.38. The second-order valence-electron chi connectivity index (χ2n) is 6.75. The number of piperazine rings is 1. The molecule has 9 heteroatoms. The van der Waals surface area contributed by atoms with Crippen LogP contribution < -0.4 is 14.8 Å². The summed E-state index contributed by atoms with van der Waals surface area (Å²) in [6, 6.07) is 3.31. The van der Waals surface area contributed by atoms with Gasteiger partial charge < -0.3 is 24.4 Å². The maximum atomic E-state index is 12.8. The van der Waals surface area contributed by atoms with E-state index in [1.54, 1.807) is 24.1 Å². The number of hydrogen-bond donors (Lipinski definition) is 1. The van der Waals surface area contributed by atoms with Gasteiger partial charge in [0, 0.05) is 52.0 Å². The second-order valence-corrected chi connectivity index (χ2v) is 7.15. The Hall–Kier alpha value is -2.03. The number of nitrogens with one attached hydrogen (secondary N) is 1. The van der Waals surface area contributed by atoms with Crippen LogP contribution in [0.15, 0.2) is 12.1 Å². The summed E-state index contributed by atoms with van der Waals surface area (Å²) in [6.45, 7) is 4.87. The van der Waals surface area contributed by atoms with Gasteiger partial charge in [-0.25, -0.2) is 0 Å². The van der Waals surface area contributed by atoms with Crippen LogP contribution in [0, 0.1) is 0 Å². The van der Waals surface area contributed by atoms with Gasteiger partial charge in [0.05, 0.1) is 11.6 Å². The highest BCUT2D eigenvalue weighted by molar-refractivity contribution is 6.32. The maximum Gasteiger partial charge on any atom is 0.254 e. The highest BCUT2D eigenvalue weighted by Gasteiger charge is 2.26. The van der Waals surface area contributed by atoms with E-state index in [0.29, 0.717) is 81.2 Å². The molecule has 0 bridgehead atoms. The molecule has 0 radical (unpaired) electrons. The molecule has 1 aromatic rings. The van der Waals surface area contributed by atoms with Gasteiger partial charge in [0.25, 0.3) is 5.91 Å². The number of halogens is 1. The predicted molar refractivity (Wildman–Crippen MR) is 104 cm³/mol. The number of fused-ring (bicyclic) bond motifs is 1. The number of rotatable bonds is 7. The molecule has 2 aliphatic rings. The molecule has 0 saturated carbocycles. The van der Waals surface area contributed by atoms with Crippen LogP contribution in [0.5, 0.6) is 11.5 Å². The third kappa shape index (κ3) is 5.27. The number of hydrogen-bond acceptors (Lipinski definition) is 6. The first-order valence-corrected chi connectivity index (χ1v) is 9.82. The quantitative estimate of drug-likeness (QED) is 0.675. The Bertz CT molecular complexity index is 707. The number of carbonyl (C=O) groups excluding carboxylic acids is 2. The average molecular weight is 412 g/mol. The van der Waals surface area contributed by atoms with Crippen molar-refractivity contribution in [3.05, 3.63) is 22.7 Å². The number of carbonyl (C=O) groups is 2. The van der Waals surface area contributed by atoms with Crippen molar-refractivity contribution >= 4 is 23.4 Å². The van der Waals surface area contributed by atoms with Crippen molar-refractivity contribution in [2.75, 3.05) is 66.2 Å². The first-order chi connectivity index (χ1) is 13.6. The SMILES string of the molecule is COCCCNC(=O)CN1CCN(C(=O)c2cc(Cl)c3c(c2)OCCO3)CC1. The van der Waals surface area contributed by atoms with E-state index in [9.17, 15) is 9.59 Å². The molecular weight excluding hydrogens is 386 g/mol. The molecule has 0 unspecified atom stereocenters. The number of methoxy groups -OCH3 is 1. The molecule has 0 aromatic heterocycles. The van der Waals surface area contributed by atoms with Crippen LogP contribution in [-0.2, 0) is 9.53 Å². The lowest BCUT2D eigenvalue weighted by Crippen LogP contribution is -2.51. The summed E-state index contributed by atoms with van der Waals surface area (Å²) in [6.07, 6.45) is 0.794. The Labute approximate surface area is 169 Å². The van der Waals surface area contributed by atoms with Crippen LogP contribution in [0.3, 0.4) is 0 Å². The highest BCUT2D eigenvalue weighted by atomic mass is 35.5. The van der Waals surface area contributed by atoms with Crippen LogP contribution in [0.25, 0.3) is 0 Å². The first-order valence-electron chi connectivity index (χ1n) is 9.45. The summed E-state index contributed by atoms with van der Waals surface area (Å²) in [4.78, 5) is 28.6. The van der Waals surface area contributed by atoms with E-state index in [0.717, 1.165) is 6.42 Å². The zero-order chi connectivity index (χ0) is 19.9. The molecule has 1 fully saturated rings. The van der Waals surface area contributed by atoms with E-state index in [2.05, 4.69) is 5.32 Å². The van der Waals surface area contributed by atoms with E-state index >= 15 is 0 Å². The molecule has 0 spiro atoms. The molecule has 0 atom stereocenters. The zero-order valence-corrected chi connectivity index (χ0v) is 16.8. The minimum absolute atomic E-state index is 0.00509. The van der Waals surface area contributed by atoms with Crippen LogP contribution in [0.4, 0.5) is 0 Å². The van der Waals surface area contributed by atoms with Gasteiger partial charge in [-0.05, 0) is 18.6 Å². The Balaban J connectivity index is 1.49. The lowest BCUT2D eigenvalue weighted by atomic mass is 10.1. The Kier molecular flexibility index (Phi) is 7.36. The van der Waals surface area contributed by atoms with Crippen molar-refractivity contribution in [2.45, 2.75) is 6.42 Å². The smallest absolute Gasteiger partial charge is 0.254 e. The fraction of sp³-hybridized carbons (Fsp3) is 0.579. The van der Waals surface area contributed by atoms with Crippen LogP contribution in [-0.4, -0.2) is 87.8 Å². The molecule has 154 valence electrons. The predicted octanol–water partition coefficient (Wildman–Crippen LogP) is 1.02. The van der Waals surface area contributed by atoms with Gasteiger partial charge in [-0.1, -0.05) is 11.6 Å². The van der Waals surface area contributed by atoms with Gasteiger partial charge in [0.1, 0.15) is 13.2 Å². The third-order valence-electron chi connectivity index (χ3n) is 4.72. The minimum atomic E-state index is -0.0949. The summed E-state index contributed by atoms with van der Waals surface area (Å²) in [7, 11) is 1.64. The molecular formula is C19H26ClN3O5. The van der Waals surface area contributed by atoms with E-state index in [1.807, 2.05) is 4.90 Å². The zero-order valence-electron chi connectivity index (χ0n) is 16.0. The molecule has 1 aromatic carbocycles. The number of nitrogens with zero attached hydrogens (tertiary/aromatic N) is 2. The summed E-state index contributed by atoms with van der Waals surface area (Å²) < 4.78 is 16.0. The van der Waals surface area contributed by atoms with E-state index in [4.69, 9.17) is 25.8 Å². The van der Waals surface area contributed by atoms with Crippen LogP contribution in [0.2, 0.25) is 5.02 Å². The minimum Gasteiger partial charge on any atom is -0.486 e. The monoisotopic (exact) mass is 411 g/mol. The Morgan fingerprint density at radius 2 is 1.93 bits per heavy atom. The number of benzene rings is 1. The Morgan fingerprint density at radius 3 is 2.68 bits per heavy atom. The lowest BCUT2D eigenvalue weighted by molar-refractivity contribution is -0.122. The fourth-order valence-electron chi connectivity index (χ4n) is 3.23. The molecule has 1 saturated heterocycles. The summed E-state index contributed by atoms with van der Waals surface area (Å²) in [5.41, 5.74) is 0.485. The molecule has 1 N–H and O–H groups in total. The van der Waals surface area contributed by atoms with Crippen molar-refractivity contribution in [3.63, 3.8) is 0 Å². The summed E-state index contributed by atoms with van der Waals surface area (Å²) in [5.74, 6) is 0.897. The topological polar surface area (TPSA) is 80.3 Å².